The highest BCUT2D eigenvalue weighted by atomic mass is 16.7. The van der Waals surface area contributed by atoms with Gasteiger partial charge < -0.3 is 4.84 Å². The van der Waals surface area contributed by atoms with Gasteiger partial charge in [-0.15, -0.1) is 0 Å². The fraction of sp³-hybridized carbons (Fsp3) is 0.0645. The Hall–Kier alpha value is -4.57. The molecule has 0 bridgehead atoms. The van der Waals surface area contributed by atoms with Crippen molar-refractivity contribution in [3.05, 3.63) is 131 Å². The Balaban J connectivity index is 1.77. The first-order chi connectivity index (χ1) is 17.0. The van der Waals surface area contributed by atoms with Gasteiger partial charge in [-0.3, -0.25) is 4.79 Å². The summed E-state index contributed by atoms with van der Waals surface area (Å²) < 4.78 is 0. The molecule has 1 aliphatic carbocycles. The third-order valence-electron chi connectivity index (χ3n) is 6.05. The largest absolute Gasteiger partial charge is 0.331 e. The second-order valence-electron chi connectivity index (χ2n) is 8.38. The van der Waals surface area contributed by atoms with Crippen LogP contribution in [0.1, 0.15) is 46.5 Å². The summed E-state index contributed by atoms with van der Waals surface area (Å²) in [5, 5.41) is 3.69. The summed E-state index contributed by atoms with van der Waals surface area (Å²) in [5.41, 5.74) is 9.30. The Morgan fingerprint density at radius 1 is 0.600 bits per heavy atom. The van der Waals surface area contributed by atoms with Crippen LogP contribution in [0.4, 0.5) is 0 Å². The van der Waals surface area contributed by atoms with Gasteiger partial charge in [0.05, 0.1) is 0 Å². The molecule has 4 aromatic carbocycles. The number of rotatable bonds is 5. The third-order valence-corrected chi connectivity index (χ3v) is 6.05. The van der Waals surface area contributed by atoms with Crippen LogP contribution in [0, 0.1) is 0 Å². The van der Waals surface area contributed by atoms with E-state index in [1.165, 1.54) is 6.92 Å². The normalized spacial score (nSPS) is 12.1. The lowest BCUT2D eigenvalue weighted by Gasteiger charge is -2.15. The first-order valence-electron chi connectivity index (χ1n) is 11.4. The minimum absolute atomic E-state index is 0.118. The van der Waals surface area contributed by atoms with Crippen LogP contribution in [0.15, 0.2) is 108 Å². The first kappa shape index (κ1) is 22.2. The van der Waals surface area contributed by atoms with Gasteiger partial charge in [0.2, 0.25) is 5.78 Å². The maximum atomic E-state index is 13.1. The first-order valence-corrected chi connectivity index (χ1v) is 11.4. The quantitative estimate of drug-likeness (QED) is 0.126. The van der Waals surface area contributed by atoms with Crippen LogP contribution < -0.4 is 0 Å². The summed E-state index contributed by atoms with van der Waals surface area (Å²) in [6.45, 7) is 2.79. The number of benzene rings is 4. The monoisotopic (exact) mass is 457 g/mol. The number of nitrogens with zero attached hydrogens (tertiary/aromatic N) is 1. The van der Waals surface area contributed by atoms with E-state index >= 15 is 0 Å². The minimum Gasteiger partial charge on any atom is -0.318 e. The lowest BCUT2D eigenvalue weighted by molar-refractivity contribution is -0.140. The average molecular weight is 458 g/mol. The maximum Gasteiger partial charge on any atom is 0.331 e. The van der Waals surface area contributed by atoms with Gasteiger partial charge in [0, 0.05) is 12.5 Å². The van der Waals surface area contributed by atoms with Crippen LogP contribution in [0.5, 0.6) is 0 Å². The van der Waals surface area contributed by atoms with Crippen molar-refractivity contribution in [3.8, 4) is 11.1 Å². The van der Waals surface area contributed by atoms with E-state index in [0.717, 1.165) is 44.5 Å². The number of hydrogen-bond acceptors (Lipinski definition) is 4. The fourth-order valence-electron chi connectivity index (χ4n) is 4.53. The van der Waals surface area contributed by atoms with Crippen molar-refractivity contribution in [2.45, 2.75) is 13.8 Å². The van der Waals surface area contributed by atoms with Crippen LogP contribution in [0.25, 0.3) is 22.3 Å². The Morgan fingerprint density at radius 2 is 1.14 bits per heavy atom. The van der Waals surface area contributed by atoms with E-state index in [-0.39, 0.29) is 11.5 Å². The number of Topliss-reactive ketones (excluding diaryl/α,β-unsaturated/α-hetero) is 1. The second kappa shape index (κ2) is 9.35. The molecular formula is C31H23NO3. The smallest absolute Gasteiger partial charge is 0.318 e. The Labute approximate surface area is 204 Å². The molecule has 0 heterocycles. The molecular weight excluding hydrogens is 434 g/mol. The Morgan fingerprint density at radius 3 is 1.74 bits per heavy atom. The molecule has 0 spiro atoms. The highest BCUT2D eigenvalue weighted by Crippen LogP contribution is 2.49. The highest BCUT2D eigenvalue weighted by Gasteiger charge is 2.28. The Bertz CT molecular complexity index is 1460. The molecule has 0 aliphatic heterocycles. The van der Waals surface area contributed by atoms with Crippen molar-refractivity contribution in [3.63, 3.8) is 0 Å². The Kier molecular flexibility index (Phi) is 5.94. The van der Waals surface area contributed by atoms with E-state index < -0.39 is 5.97 Å². The minimum atomic E-state index is -0.567. The number of fused-ring (bicyclic) bond motifs is 3. The molecule has 1 aliphatic rings. The topological polar surface area (TPSA) is 55.7 Å². The lowest BCUT2D eigenvalue weighted by Crippen LogP contribution is -2.12. The van der Waals surface area contributed by atoms with Crippen LogP contribution >= 0.6 is 0 Å². The standard InChI is InChI=1S/C31H23NO3/c1-20(32-35-21(2)33)31(34)24-17-18-26-25-15-9-10-16-27(25)30(28(26)19-24)29(22-11-5-3-6-12-22)23-13-7-4-8-14-23/h3-19H,1-2H3/b32-20-. The number of carbonyl (C=O) groups is 2. The molecule has 0 unspecified atom stereocenters. The van der Waals surface area contributed by atoms with Gasteiger partial charge in [0.25, 0.3) is 0 Å². The molecule has 0 saturated heterocycles. The van der Waals surface area contributed by atoms with Gasteiger partial charge in [0.15, 0.2) is 0 Å². The van der Waals surface area contributed by atoms with Gasteiger partial charge in [-0.05, 0) is 57.5 Å². The summed E-state index contributed by atoms with van der Waals surface area (Å²) in [6.07, 6.45) is 0. The van der Waals surface area contributed by atoms with Crippen molar-refractivity contribution < 1.29 is 14.4 Å². The number of ketones is 1. The van der Waals surface area contributed by atoms with E-state index in [1.54, 1.807) is 13.0 Å². The van der Waals surface area contributed by atoms with Crippen molar-refractivity contribution >= 4 is 28.6 Å². The molecule has 0 fully saturated rings. The summed E-state index contributed by atoms with van der Waals surface area (Å²) in [5.74, 6) is -0.854. The van der Waals surface area contributed by atoms with Gasteiger partial charge in [-0.25, -0.2) is 4.79 Å². The molecule has 35 heavy (non-hydrogen) atoms. The summed E-state index contributed by atoms with van der Waals surface area (Å²) in [4.78, 5) is 28.9. The van der Waals surface area contributed by atoms with E-state index in [0.29, 0.717) is 5.56 Å². The molecule has 4 aromatic rings. The summed E-state index contributed by atoms with van der Waals surface area (Å²) >= 11 is 0. The lowest BCUT2D eigenvalue weighted by atomic mass is 9.88. The molecule has 0 aromatic heterocycles. The predicted octanol–water partition coefficient (Wildman–Crippen LogP) is 6.80. The average Bonchev–Trinajstić information content (AvgIpc) is 3.22. The van der Waals surface area contributed by atoms with E-state index in [4.69, 9.17) is 0 Å². The molecule has 170 valence electrons. The van der Waals surface area contributed by atoms with Crippen LogP contribution in [0.2, 0.25) is 0 Å². The number of carbonyl (C=O) groups excluding carboxylic acids is 2. The van der Waals surface area contributed by atoms with Crippen LogP contribution in [0.3, 0.4) is 0 Å². The summed E-state index contributed by atoms with van der Waals surface area (Å²) in [7, 11) is 0. The zero-order chi connectivity index (χ0) is 24.4. The second-order valence-corrected chi connectivity index (χ2v) is 8.38. The molecule has 4 heteroatoms. The maximum absolute atomic E-state index is 13.1. The predicted molar refractivity (Wildman–Crippen MR) is 139 cm³/mol. The van der Waals surface area contributed by atoms with Crippen molar-refractivity contribution in [1.29, 1.82) is 0 Å². The van der Waals surface area contributed by atoms with E-state index in [2.05, 4.69) is 46.4 Å². The molecule has 5 rings (SSSR count). The van der Waals surface area contributed by atoms with Crippen LogP contribution in [-0.2, 0) is 9.63 Å². The fourth-order valence-corrected chi connectivity index (χ4v) is 4.53. The van der Waals surface area contributed by atoms with Crippen molar-refractivity contribution in [2.75, 3.05) is 0 Å². The zero-order valence-corrected chi connectivity index (χ0v) is 19.5. The molecule has 0 saturated carbocycles. The molecule has 4 nitrogen and oxygen atoms in total. The van der Waals surface area contributed by atoms with Crippen LogP contribution in [-0.4, -0.2) is 17.5 Å². The number of hydrogen-bond donors (Lipinski definition) is 0. The van der Waals surface area contributed by atoms with Crippen molar-refractivity contribution in [2.24, 2.45) is 5.16 Å². The SMILES string of the molecule is CC(=O)O/N=C(/C)C(=O)c1ccc2c(c1)C(=C(c1ccccc1)c1ccccc1)c1ccccc1-2. The molecule has 0 N–H and O–H groups in total. The number of oxime groups is 1. The van der Waals surface area contributed by atoms with E-state index in [1.807, 2.05) is 60.7 Å². The van der Waals surface area contributed by atoms with Crippen molar-refractivity contribution in [1.82, 2.24) is 0 Å². The summed E-state index contributed by atoms with van der Waals surface area (Å²) in [6, 6.07) is 34.6. The molecule has 0 atom stereocenters. The zero-order valence-electron chi connectivity index (χ0n) is 19.5. The molecule has 0 amide bonds. The van der Waals surface area contributed by atoms with E-state index in [9.17, 15) is 9.59 Å². The van der Waals surface area contributed by atoms with Gasteiger partial charge in [0.1, 0.15) is 5.71 Å². The molecule has 0 radical (unpaired) electrons. The van der Waals surface area contributed by atoms with Gasteiger partial charge >= 0.3 is 5.97 Å². The van der Waals surface area contributed by atoms with Gasteiger partial charge in [-0.2, -0.15) is 0 Å². The van der Waals surface area contributed by atoms with Gasteiger partial charge in [-0.1, -0.05) is 102 Å². The highest BCUT2D eigenvalue weighted by molar-refractivity contribution is 6.45. The third kappa shape index (κ3) is 4.22.